The van der Waals surface area contributed by atoms with Gasteiger partial charge in [0.1, 0.15) is 18.1 Å². The number of terminal acetylenes is 1. The van der Waals surface area contributed by atoms with E-state index in [1.807, 2.05) is 54.6 Å². The molecule has 0 amide bonds. The van der Waals surface area contributed by atoms with Gasteiger partial charge in [-0.3, -0.25) is 0 Å². The Hall–Kier alpha value is -3.45. The first-order valence-corrected chi connectivity index (χ1v) is 8.29. The zero-order valence-corrected chi connectivity index (χ0v) is 14.6. The monoisotopic (exact) mass is 344 g/mol. The van der Waals surface area contributed by atoms with Crippen LogP contribution in [0.5, 0.6) is 11.5 Å². The van der Waals surface area contributed by atoms with Gasteiger partial charge in [-0.2, -0.15) is 5.10 Å². The van der Waals surface area contributed by atoms with Gasteiger partial charge in [0.2, 0.25) is 0 Å². The summed E-state index contributed by atoms with van der Waals surface area (Å²) in [6.07, 6.45) is 7.09. The molecule has 0 fully saturated rings. The highest BCUT2D eigenvalue weighted by atomic mass is 16.5. The SMILES string of the molecule is C#CCOc1ccc2ccccc2c1/C=N/NCc1ccccc1OC. The molecule has 0 heterocycles. The maximum absolute atomic E-state index is 5.67. The minimum Gasteiger partial charge on any atom is -0.496 e. The number of hydrogen-bond acceptors (Lipinski definition) is 4. The number of rotatable bonds is 7. The fourth-order valence-corrected chi connectivity index (χ4v) is 2.74. The van der Waals surface area contributed by atoms with E-state index < -0.39 is 0 Å². The number of hydrogen-bond donors (Lipinski definition) is 1. The topological polar surface area (TPSA) is 42.8 Å². The van der Waals surface area contributed by atoms with E-state index in [0.717, 1.165) is 27.6 Å². The molecule has 0 aromatic heterocycles. The molecule has 0 radical (unpaired) electrons. The number of fused-ring (bicyclic) bond motifs is 1. The Morgan fingerprint density at radius 2 is 1.85 bits per heavy atom. The summed E-state index contributed by atoms with van der Waals surface area (Å²) in [5, 5.41) is 6.55. The Bertz CT molecular complexity index is 958. The Kier molecular flexibility index (Phi) is 5.74. The van der Waals surface area contributed by atoms with Crippen LogP contribution in [0, 0.1) is 12.3 Å². The predicted octanol–water partition coefficient (Wildman–Crippen LogP) is 3.98. The zero-order chi connectivity index (χ0) is 18.2. The molecule has 0 atom stereocenters. The van der Waals surface area contributed by atoms with Crippen molar-refractivity contribution in [2.45, 2.75) is 6.54 Å². The smallest absolute Gasteiger partial charge is 0.148 e. The van der Waals surface area contributed by atoms with Gasteiger partial charge in [0.15, 0.2) is 0 Å². The van der Waals surface area contributed by atoms with E-state index in [9.17, 15) is 0 Å². The molecule has 0 saturated carbocycles. The minimum absolute atomic E-state index is 0.216. The van der Waals surface area contributed by atoms with E-state index in [2.05, 4.69) is 22.5 Å². The van der Waals surface area contributed by atoms with Gasteiger partial charge in [-0.05, 0) is 22.9 Å². The van der Waals surface area contributed by atoms with Crippen molar-refractivity contribution in [3.63, 3.8) is 0 Å². The first-order valence-electron chi connectivity index (χ1n) is 8.29. The van der Waals surface area contributed by atoms with Crippen molar-refractivity contribution < 1.29 is 9.47 Å². The highest BCUT2D eigenvalue weighted by Crippen LogP contribution is 2.26. The molecule has 130 valence electrons. The molecular formula is C22H20N2O2. The number of benzene rings is 3. The van der Waals surface area contributed by atoms with Gasteiger partial charge in [-0.15, -0.1) is 6.42 Å². The number of methoxy groups -OCH3 is 1. The lowest BCUT2D eigenvalue weighted by Gasteiger charge is -2.10. The summed E-state index contributed by atoms with van der Waals surface area (Å²) >= 11 is 0. The molecule has 0 saturated heterocycles. The predicted molar refractivity (Wildman–Crippen MR) is 106 cm³/mol. The molecule has 0 spiro atoms. The molecule has 26 heavy (non-hydrogen) atoms. The van der Waals surface area contributed by atoms with Crippen LogP contribution in [-0.4, -0.2) is 19.9 Å². The summed E-state index contributed by atoms with van der Waals surface area (Å²) in [5.41, 5.74) is 5.00. The second kappa shape index (κ2) is 8.59. The average Bonchev–Trinajstić information content (AvgIpc) is 2.70. The van der Waals surface area contributed by atoms with Gasteiger partial charge in [0.25, 0.3) is 0 Å². The van der Waals surface area contributed by atoms with Crippen LogP contribution in [0.4, 0.5) is 0 Å². The molecule has 4 nitrogen and oxygen atoms in total. The number of nitrogens with zero attached hydrogens (tertiary/aromatic N) is 1. The van der Waals surface area contributed by atoms with Crippen molar-refractivity contribution in [2.75, 3.05) is 13.7 Å². The maximum atomic E-state index is 5.67. The lowest BCUT2D eigenvalue weighted by molar-refractivity contribution is 0.370. The van der Waals surface area contributed by atoms with Gasteiger partial charge < -0.3 is 14.9 Å². The summed E-state index contributed by atoms with van der Waals surface area (Å²) in [4.78, 5) is 0. The molecule has 3 rings (SSSR count). The van der Waals surface area contributed by atoms with Crippen LogP contribution in [0.25, 0.3) is 10.8 Å². The van der Waals surface area contributed by atoms with Crippen LogP contribution >= 0.6 is 0 Å². The molecular weight excluding hydrogens is 324 g/mol. The molecule has 0 aliphatic heterocycles. The van der Waals surface area contributed by atoms with Crippen LogP contribution in [0.15, 0.2) is 65.8 Å². The summed E-state index contributed by atoms with van der Waals surface area (Å²) in [7, 11) is 1.66. The third-order valence-corrected chi connectivity index (χ3v) is 3.99. The van der Waals surface area contributed by atoms with Crippen molar-refractivity contribution in [2.24, 2.45) is 5.10 Å². The summed E-state index contributed by atoms with van der Waals surface area (Å²) in [6, 6.07) is 19.9. The van der Waals surface area contributed by atoms with Crippen molar-refractivity contribution in [3.8, 4) is 23.8 Å². The fourth-order valence-electron chi connectivity index (χ4n) is 2.74. The first-order chi connectivity index (χ1) is 12.8. The third kappa shape index (κ3) is 3.96. The Balaban J connectivity index is 1.82. The lowest BCUT2D eigenvalue weighted by atomic mass is 10.0. The van der Waals surface area contributed by atoms with E-state index in [1.165, 1.54) is 0 Å². The van der Waals surface area contributed by atoms with Crippen LogP contribution in [0.2, 0.25) is 0 Å². The highest BCUT2D eigenvalue weighted by Gasteiger charge is 2.07. The van der Waals surface area contributed by atoms with Crippen LogP contribution in [-0.2, 0) is 6.54 Å². The van der Waals surface area contributed by atoms with Crippen LogP contribution < -0.4 is 14.9 Å². The quantitative estimate of drug-likeness (QED) is 0.400. The Morgan fingerprint density at radius 3 is 2.69 bits per heavy atom. The molecule has 1 N–H and O–H groups in total. The molecule has 0 bridgehead atoms. The largest absolute Gasteiger partial charge is 0.496 e. The highest BCUT2D eigenvalue weighted by molar-refractivity contribution is 6.02. The minimum atomic E-state index is 0.216. The zero-order valence-electron chi connectivity index (χ0n) is 14.6. The maximum Gasteiger partial charge on any atom is 0.148 e. The van der Waals surface area contributed by atoms with E-state index in [-0.39, 0.29) is 6.61 Å². The van der Waals surface area contributed by atoms with Crippen molar-refractivity contribution in [1.82, 2.24) is 5.43 Å². The number of hydrazone groups is 1. The van der Waals surface area contributed by atoms with Gasteiger partial charge in [-0.1, -0.05) is 54.5 Å². The second-order valence-corrected chi connectivity index (χ2v) is 5.60. The van der Waals surface area contributed by atoms with E-state index in [0.29, 0.717) is 12.3 Å². The molecule has 0 unspecified atom stereocenters. The van der Waals surface area contributed by atoms with Gasteiger partial charge in [0.05, 0.1) is 19.9 Å². The molecule has 0 aliphatic rings. The standard InChI is InChI=1S/C22H20N2O2/c1-3-14-26-22-13-12-17-8-4-6-10-19(17)20(22)16-24-23-15-18-9-5-7-11-21(18)25-2/h1,4-13,16,23H,14-15H2,2H3/b24-16+. The second-order valence-electron chi connectivity index (χ2n) is 5.60. The molecule has 0 aliphatic carbocycles. The number of nitrogens with one attached hydrogen (secondary N) is 1. The van der Waals surface area contributed by atoms with Crippen LogP contribution in [0.3, 0.4) is 0 Å². The van der Waals surface area contributed by atoms with Crippen molar-refractivity contribution in [1.29, 1.82) is 0 Å². The van der Waals surface area contributed by atoms with Crippen LogP contribution in [0.1, 0.15) is 11.1 Å². The molecule has 3 aromatic carbocycles. The first kappa shape index (κ1) is 17.4. The fraction of sp³-hybridized carbons (Fsp3) is 0.136. The molecule has 3 aromatic rings. The Morgan fingerprint density at radius 1 is 1.04 bits per heavy atom. The summed E-state index contributed by atoms with van der Waals surface area (Å²) < 4.78 is 11.0. The van der Waals surface area contributed by atoms with Crippen molar-refractivity contribution in [3.05, 3.63) is 71.8 Å². The van der Waals surface area contributed by atoms with Gasteiger partial charge in [0, 0.05) is 11.1 Å². The van der Waals surface area contributed by atoms with E-state index in [4.69, 9.17) is 15.9 Å². The lowest BCUT2D eigenvalue weighted by Crippen LogP contribution is -2.07. The molecule has 4 heteroatoms. The normalized spacial score (nSPS) is 10.6. The third-order valence-electron chi connectivity index (χ3n) is 3.99. The average molecular weight is 344 g/mol. The summed E-state index contributed by atoms with van der Waals surface area (Å²) in [5.74, 6) is 4.04. The van der Waals surface area contributed by atoms with Crippen molar-refractivity contribution >= 4 is 17.0 Å². The van der Waals surface area contributed by atoms with E-state index >= 15 is 0 Å². The van der Waals surface area contributed by atoms with Gasteiger partial charge >= 0.3 is 0 Å². The van der Waals surface area contributed by atoms with Gasteiger partial charge in [-0.25, -0.2) is 0 Å². The number of para-hydroxylation sites is 1. The summed E-state index contributed by atoms with van der Waals surface area (Å²) in [6.45, 7) is 0.777. The Labute approximate surface area is 153 Å². The van der Waals surface area contributed by atoms with E-state index in [1.54, 1.807) is 13.3 Å². The number of ether oxygens (including phenoxy) is 2.